The fourth-order valence-corrected chi connectivity index (χ4v) is 8.97. The lowest BCUT2D eigenvalue weighted by atomic mass is 9.61. The Labute approximate surface area is 245 Å². The predicted octanol–water partition coefficient (Wildman–Crippen LogP) is 12.9. The van der Waals surface area contributed by atoms with Gasteiger partial charge in [-0.25, -0.2) is 0 Å². The van der Waals surface area contributed by atoms with Gasteiger partial charge in [-0.3, -0.25) is 0 Å². The molecule has 2 saturated carbocycles. The molecule has 0 nitrogen and oxygen atoms in total. The zero-order chi connectivity index (χ0) is 26.7. The van der Waals surface area contributed by atoms with Crippen molar-refractivity contribution in [3.8, 4) is 0 Å². The van der Waals surface area contributed by atoms with Gasteiger partial charge in [0.05, 0.1) is 0 Å². The molecular formula is C35H68S2. The highest BCUT2D eigenvalue weighted by Gasteiger charge is 2.48. The van der Waals surface area contributed by atoms with Crippen LogP contribution >= 0.6 is 25.3 Å². The Morgan fingerprint density at radius 2 is 0.757 bits per heavy atom. The van der Waals surface area contributed by atoms with Crippen LogP contribution in [0.1, 0.15) is 200 Å². The maximum Gasteiger partial charge on any atom is 0.0189 e. The fourth-order valence-electron chi connectivity index (χ4n) is 7.76. The third-order valence-corrected chi connectivity index (χ3v) is 12.5. The Morgan fingerprint density at radius 3 is 1.08 bits per heavy atom. The molecule has 2 unspecified atom stereocenters. The molecule has 220 valence electrons. The molecule has 0 heterocycles. The zero-order valence-electron chi connectivity index (χ0n) is 25.6. The maximum absolute atomic E-state index is 5.86. The largest absolute Gasteiger partial charge is 0.179 e. The smallest absolute Gasteiger partial charge is 0.0189 e. The molecule has 2 aliphatic carbocycles. The van der Waals surface area contributed by atoms with Crippen molar-refractivity contribution in [2.45, 2.75) is 205 Å². The van der Waals surface area contributed by atoms with Crippen molar-refractivity contribution >= 4 is 25.3 Å². The van der Waals surface area contributed by atoms with Crippen LogP contribution in [0.5, 0.6) is 0 Å². The van der Waals surface area contributed by atoms with Crippen molar-refractivity contribution in [1.82, 2.24) is 0 Å². The summed E-state index contributed by atoms with van der Waals surface area (Å²) in [6.07, 6.45) is 41.2. The SMILES string of the molecule is CCC1(CS)CCCCCCCCCCCCCCC(S)(C2(C)CCCCCCCCCCCCC2)C1. The lowest BCUT2D eigenvalue weighted by Crippen LogP contribution is -2.47. The van der Waals surface area contributed by atoms with Crippen LogP contribution in [0.3, 0.4) is 0 Å². The van der Waals surface area contributed by atoms with Gasteiger partial charge in [-0.1, -0.05) is 162 Å². The molecule has 2 rings (SSSR count). The minimum atomic E-state index is 0.150. The monoisotopic (exact) mass is 552 g/mol. The third-order valence-electron chi connectivity index (χ3n) is 10.9. The van der Waals surface area contributed by atoms with Gasteiger partial charge in [0.2, 0.25) is 0 Å². The standard InChI is InChI=1S/C35H68S2/c1-3-34(32-36)29-25-21-17-13-9-4-5-10-14-18-22-26-30-35(37,31-34)33(2)27-23-19-15-11-7-6-8-12-16-20-24-28-33/h36-37H,3-32H2,1-2H3. The topological polar surface area (TPSA) is 0 Å². The summed E-state index contributed by atoms with van der Waals surface area (Å²) in [6, 6.07) is 0. The molecule has 0 aliphatic heterocycles. The molecule has 37 heavy (non-hydrogen) atoms. The second-order valence-electron chi connectivity index (χ2n) is 13.9. The summed E-state index contributed by atoms with van der Waals surface area (Å²) in [5, 5.41) is 0. The van der Waals surface area contributed by atoms with Crippen LogP contribution in [-0.4, -0.2) is 10.5 Å². The second kappa shape index (κ2) is 19.7. The van der Waals surface area contributed by atoms with Crippen LogP contribution in [0.15, 0.2) is 0 Å². The molecule has 2 heteroatoms. The summed E-state index contributed by atoms with van der Waals surface area (Å²) in [5.74, 6) is 1.04. The Morgan fingerprint density at radius 1 is 0.459 bits per heavy atom. The Kier molecular flexibility index (Phi) is 18.1. The Bertz CT molecular complexity index is 525. The summed E-state index contributed by atoms with van der Waals surface area (Å²) in [6.45, 7) is 5.15. The highest BCUT2D eigenvalue weighted by Crippen LogP contribution is 2.55. The van der Waals surface area contributed by atoms with Gasteiger partial charge in [0.1, 0.15) is 0 Å². The van der Waals surface area contributed by atoms with Crippen LogP contribution in [0.25, 0.3) is 0 Å². The van der Waals surface area contributed by atoms with Crippen molar-refractivity contribution in [1.29, 1.82) is 0 Å². The first-order valence-corrected chi connectivity index (χ1v) is 18.4. The molecule has 0 aromatic heterocycles. The van der Waals surface area contributed by atoms with Crippen LogP contribution < -0.4 is 0 Å². The van der Waals surface area contributed by atoms with Crippen LogP contribution in [0, 0.1) is 10.8 Å². The fraction of sp³-hybridized carbons (Fsp3) is 1.00. The minimum Gasteiger partial charge on any atom is -0.179 e. The highest BCUT2D eigenvalue weighted by molar-refractivity contribution is 7.82. The Balaban J connectivity index is 2.23. The van der Waals surface area contributed by atoms with Gasteiger partial charge in [0.15, 0.2) is 0 Å². The van der Waals surface area contributed by atoms with E-state index in [0.29, 0.717) is 10.8 Å². The van der Waals surface area contributed by atoms with Crippen molar-refractivity contribution in [2.24, 2.45) is 10.8 Å². The maximum atomic E-state index is 5.86. The number of thiol groups is 2. The minimum absolute atomic E-state index is 0.150. The molecule has 2 atom stereocenters. The number of hydrogen-bond acceptors (Lipinski definition) is 2. The van der Waals surface area contributed by atoms with E-state index in [2.05, 4.69) is 13.8 Å². The third kappa shape index (κ3) is 12.8. The van der Waals surface area contributed by atoms with E-state index in [1.165, 1.54) is 186 Å². The molecule has 2 fully saturated rings. The molecule has 0 aromatic carbocycles. The molecule has 0 spiro atoms. The first-order chi connectivity index (χ1) is 18.0. The lowest BCUT2D eigenvalue weighted by molar-refractivity contribution is 0.102. The van der Waals surface area contributed by atoms with Crippen LogP contribution in [0.2, 0.25) is 0 Å². The van der Waals surface area contributed by atoms with Crippen molar-refractivity contribution < 1.29 is 0 Å². The average Bonchev–Trinajstić information content (AvgIpc) is 2.90. The predicted molar refractivity (Wildman–Crippen MR) is 176 cm³/mol. The summed E-state index contributed by atoms with van der Waals surface area (Å²) in [7, 11) is 0. The first-order valence-electron chi connectivity index (χ1n) is 17.3. The number of rotatable bonds is 3. The van der Waals surface area contributed by atoms with E-state index in [1.54, 1.807) is 0 Å². The van der Waals surface area contributed by atoms with Gasteiger partial charge in [-0.05, 0) is 55.1 Å². The molecule has 2 aliphatic rings. The first kappa shape index (κ1) is 33.9. The van der Waals surface area contributed by atoms with E-state index in [4.69, 9.17) is 25.3 Å². The van der Waals surface area contributed by atoms with Crippen molar-refractivity contribution in [3.05, 3.63) is 0 Å². The molecule has 0 aromatic rings. The van der Waals surface area contributed by atoms with Gasteiger partial charge < -0.3 is 0 Å². The van der Waals surface area contributed by atoms with E-state index in [9.17, 15) is 0 Å². The van der Waals surface area contributed by atoms with Gasteiger partial charge in [-0.15, -0.1) is 0 Å². The van der Waals surface area contributed by atoms with Crippen LogP contribution in [-0.2, 0) is 0 Å². The summed E-state index contributed by atoms with van der Waals surface area (Å²) < 4.78 is 0.150. The molecule has 0 amide bonds. The van der Waals surface area contributed by atoms with Gasteiger partial charge >= 0.3 is 0 Å². The molecule has 0 saturated heterocycles. The van der Waals surface area contributed by atoms with E-state index in [1.807, 2.05) is 0 Å². The summed E-state index contributed by atoms with van der Waals surface area (Å²) in [4.78, 5) is 0. The van der Waals surface area contributed by atoms with E-state index in [0.717, 1.165) is 5.75 Å². The summed E-state index contributed by atoms with van der Waals surface area (Å²) >= 11 is 10.9. The average molecular weight is 553 g/mol. The normalized spacial score (nSPS) is 32.1. The van der Waals surface area contributed by atoms with Gasteiger partial charge in [0, 0.05) is 4.75 Å². The number of hydrogen-bond donors (Lipinski definition) is 2. The molecular weight excluding hydrogens is 485 g/mol. The second-order valence-corrected chi connectivity index (χ2v) is 15.1. The lowest BCUT2D eigenvalue weighted by Gasteiger charge is -2.51. The van der Waals surface area contributed by atoms with Crippen LogP contribution in [0.4, 0.5) is 0 Å². The zero-order valence-corrected chi connectivity index (χ0v) is 27.4. The van der Waals surface area contributed by atoms with E-state index in [-0.39, 0.29) is 4.75 Å². The Hall–Kier alpha value is 0.700. The summed E-state index contributed by atoms with van der Waals surface area (Å²) in [5.41, 5.74) is 0.716. The molecule has 0 N–H and O–H groups in total. The van der Waals surface area contributed by atoms with E-state index >= 15 is 0 Å². The highest BCUT2D eigenvalue weighted by atomic mass is 32.1. The van der Waals surface area contributed by atoms with Crippen molar-refractivity contribution in [3.63, 3.8) is 0 Å². The van der Waals surface area contributed by atoms with Gasteiger partial charge in [-0.2, -0.15) is 25.3 Å². The quantitative estimate of drug-likeness (QED) is 0.320. The molecule has 0 bridgehead atoms. The van der Waals surface area contributed by atoms with E-state index < -0.39 is 0 Å². The van der Waals surface area contributed by atoms with Crippen molar-refractivity contribution in [2.75, 3.05) is 5.75 Å². The van der Waals surface area contributed by atoms with Gasteiger partial charge in [0.25, 0.3) is 0 Å². The molecule has 0 radical (unpaired) electrons.